The molecule has 19 heavy (non-hydrogen) atoms. The van der Waals surface area contributed by atoms with E-state index in [2.05, 4.69) is 17.1 Å². The Morgan fingerprint density at radius 1 is 1.26 bits per heavy atom. The van der Waals surface area contributed by atoms with Crippen molar-refractivity contribution in [3.8, 4) is 0 Å². The lowest BCUT2D eigenvalue weighted by molar-refractivity contribution is 0.168. The summed E-state index contributed by atoms with van der Waals surface area (Å²) in [6.45, 7) is 6.09. The average molecular weight is 283 g/mol. The molecule has 2 N–H and O–H groups in total. The fraction of sp³-hybridized carbons (Fsp3) is 0.600. The first-order valence-electron chi connectivity index (χ1n) is 7.05. The number of nitrogens with zero attached hydrogens (tertiary/aromatic N) is 1. The molecular formula is C15H23ClN2O. The molecule has 1 aromatic rings. The van der Waals surface area contributed by atoms with Gasteiger partial charge in [0.2, 0.25) is 0 Å². The molecule has 3 nitrogen and oxygen atoms in total. The molecule has 0 aliphatic carbocycles. The number of benzene rings is 1. The smallest absolute Gasteiger partial charge is 0.0928 e. The van der Waals surface area contributed by atoms with Crippen LogP contribution in [0.3, 0.4) is 0 Å². The van der Waals surface area contributed by atoms with Crippen molar-refractivity contribution in [3.05, 3.63) is 34.9 Å². The van der Waals surface area contributed by atoms with Crippen LogP contribution in [-0.4, -0.2) is 42.2 Å². The monoisotopic (exact) mass is 282 g/mol. The van der Waals surface area contributed by atoms with Crippen LogP contribution >= 0.6 is 11.6 Å². The van der Waals surface area contributed by atoms with Crippen LogP contribution in [0.4, 0.5) is 0 Å². The van der Waals surface area contributed by atoms with Gasteiger partial charge < -0.3 is 10.4 Å². The van der Waals surface area contributed by atoms with Crippen molar-refractivity contribution in [2.45, 2.75) is 31.9 Å². The van der Waals surface area contributed by atoms with Gasteiger partial charge in [-0.2, -0.15) is 0 Å². The number of halogens is 1. The fourth-order valence-corrected chi connectivity index (χ4v) is 2.86. The molecule has 1 heterocycles. The maximum atomic E-state index is 10.1. The van der Waals surface area contributed by atoms with Crippen molar-refractivity contribution in [1.82, 2.24) is 10.2 Å². The number of nitrogens with one attached hydrogen (secondary N) is 1. The highest BCUT2D eigenvalue weighted by Gasteiger charge is 2.18. The van der Waals surface area contributed by atoms with E-state index >= 15 is 0 Å². The Morgan fingerprint density at radius 3 is 2.63 bits per heavy atom. The van der Waals surface area contributed by atoms with Crippen molar-refractivity contribution in [1.29, 1.82) is 0 Å². The van der Waals surface area contributed by atoms with Crippen LogP contribution in [0.2, 0.25) is 5.02 Å². The quantitative estimate of drug-likeness (QED) is 0.841. The Labute approximate surface area is 120 Å². The van der Waals surface area contributed by atoms with Gasteiger partial charge in [-0.3, -0.25) is 4.90 Å². The van der Waals surface area contributed by atoms with Gasteiger partial charge in [-0.15, -0.1) is 0 Å². The van der Waals surface area contributed by atoms with Gasteiger partial charge in [0.25, 0.3) is 0 Å². The Balaban J connectivity index is 1.74. The van der Waals surface area contributed by atoms with Crippen LogP contribution < -0.4 is 5.32 Å². The first-order chi connectivity index (χ1) is 9.18. The fourth-order valence-electron chi connectivity index (χ4n) is 2.60. The maximum absolute atomic E-state index is 10.1. The van der Waals surface area contributed by atoms with Crippen LogP contribution in [0.15, 0.2) is 24.3 Å². The van der Waals surface area contributed by atoms with Gasteiger partial charge >= 0.3 is 0 Å². The van der Waals surface area contributed by atoms with Gasteiger partial charge in [0.1, 0.15) is 0 Å². The zero-order chi connectivity index (χ0) is 13.7. The maximum Gasteiger partial charge on any atom is 0.0928 e. The Kier molecular flexibility index (Phi) is 5.64. The molecule has 0 amide bonds. The minimum Gasteiger partial charge on any atom is -0.387 e. The van der Waals surface area contributed by atoms with E-state index in [9.17, 15) is 5.11 Å². The number of hydrogen-bond acceptors (Lipinski definition) is 3. The summed E-state index contributed by atoms with van der Waals surface area (Å²) in [5.41, 5.74) is 0.797. The third kappa shape index (κ3) is 4.18. The number of aliphatic hydroxyl groups excluding tert-OH is 1. The molecule has 0 spiro atoms. The second-order valence-corrected chi connectivity index (χ2v) is 5.69. The van der Waals surface area contributed by atoms with E-state index < -0.39 is 6.10 Å². The Bertz CT molecular complexity index is 393. The predicted octanol–water partition coefficient (Wildman–Crippen LogP) is 2.45. The normalized spacial score (nSPS) is 19.5. The lowest BCUT2D eigenvalue weighted by atomic mass is 10.1. The minimum atomic E-state index is -0.542. The summed E-state index contributed by atoms with van der Waals surface area (Å²) in [5.74, 6) is 0. The van der Waals surface area contributed by atoms with Crippen LogP contribution in [0.25, 0.3) is 0 Å². The van der Waals surface area contributed by atoms with Crippen molar-refractivity contribution < 1.29 is 5.11 Å². The first kappa shape index (κ1) is 14.8. The standard InChI is InChI=1S/C15H23ClN2O/c1-12(18-8-4-5-9-18)10-17-11-15(19)13-6-2-3-7-14(13)16/h2-3,6-7,12,15,17,19H,4-5,8-11H2,1H3. The lowest BCUT2D eigenvalue weighted by Gasteiger charge is -2.24. The largest absolute Gasteiger partial charge is 0.387 e. The summed E-state index contributed by atoms with van der Waals surface area (Å²) in [6.07, 6.45) is 2.08. The predicted molar refractivity (Wildman–Crippen MR) is 79.6 cm³/mol. The van der Waals surface area contributed by atoms with Gasteiger partial charge in [-0.05, 0) is 38.9 Å². The SMILES string of the molecule is CC(CNCC(O)c1ccccc1Cl)N1CCCC1. The number of likely N-dealkylation sites (tertiary alicyclic amines) is 1. The summed E-state index contributed by atoms with van der Waals surface area (Å²) in [5, 5.41) is 14.1. The molecule has 1 aromatic carbocycles. The minimum absolute atomic E-state index is 0.529. The van der Waals surface area contributed by atoms with E-state index in [0.717, 1.165) is 12.1 Å². The molecule has 106 valence electrons. The first-order valence-corrected chi connectivity index (χ1v) is 7.43. The molecule has 0 radical (unpaired) electrons. The van der Waals surface area contributed by atoms with Crippen LogP contribution in [0.1, 0.15) is 31.4 Å². The van der Waals surface area contributed by atoms with E-state index in [1.807, 2.05) is 24.3 Å². The number of aliphatic hydroxyl groups is 1. The highest BCUT2D eigenvalue weighted by Crippen LogP contribution is 2.21. The van der Waals surface area contributed by atoms with E-state index in [4.69, 9.17) is 11.6 Å². The van der Waals surface area contributed by atoms with E-state index in [-0.39, 0.29) is 0 Å². The molecule has 1 aliphatic heterocycles. The zero-order valence-electron chi connectivity index (χ0n) is 11.5. The summed E-state index contributed by atoms with van der Waals surface area (Å²) in [7, 11) is 0. The third-order valence-electron chi connectivity index (χ3n) is 3.81. The summed E-state index contributed by atoms with van der Waals surface area (Å²) in [6, 6.07) is 7.99. The van der Waals surface area contributed by atoms with Gasteiger partial charge in [0.05, 0.1) is 6.10 Å². The molecule has 2 rings (SSSR count). The molecule has 0 saturated carbocycles. The van der Waals surface area contributed by atoms with Crippen molar-refractivity contribution in [3.63, 3.8) is 0 Å². The topological polar surface area (TPSA) is 35.5 Å². The second kappa shape index (κ2) is 7.25. The van der Waals surface area contributed by atoms with Crippen molar-refractivity contribution >= 4 is 11.6 Å². The van der Waals surface area contributed by atoms with Crippen molar-refractivity contribution in [2.24, 2.45) is 0 Å². The van der Waals surface area contributed by atoms with Gasteiger partial charge in [-0.1, -0.05) is 29.8 Å². The molecule has 1 saturated heterocycles. The summed E-state index contributed by atoms with van der Waals surface area (Å²) >= 11 is 6.07. The molecule has 1 fully saturated rings. The molecule has 1 aliphatic rings. The Hall–Kier alpha value is -0.610. The molecular weight excluding hydrogens is 260 g/mol. The average Bonchev–Trinajstić information content (AvgIpc) is 2.93. The molecule has 2 unspecified atom stereocenters. The van der Waals surface area contributed by atoms with Crippen LogP contribution in [0.5, 0.6) is 0 Å². The summed E-state index contributed by atoms with van der Waals surface area (Å²) < 4.78 is 0. The molecule has 4 heteroatoms. The van der Waals surface area contributed by atoms with Gasteiger partial charge in [-0.25, -0.2) is 0 Å². The summed E-state index contributed by atoms with van der Waals surface area (Å²) in [4.78, 5) is 2.49. The highest BCUT2D eigenvalue weighted by atomic mass is 35.5. The van der Waals surface area contributed by atoms with E-state index in [0.29, 0.717) is 17.6 Å². The van der Waals surface area contributed by atoms with Crippen molar-refractivity contribution in [2.75, 3.05) is 26.2 Å². The number of rotatable bonds is 6. The number of hydrogen-bond donors (Lipinski definition) is 2. The zero-order valence-corrected chi connectivity index (χ0v) is 12.2. The highest BCUT2D eigenvalue weighted by molar-refractivity contribution is 6.31. The van der Waals surface area contributed by atoms with E-state index in [1.165, 1.54) is 25.9 Å². The second-order valence-electron chi connectivity index (χ2n) is 5.29. The van der Waals surface area contributed by atoms with Gasteiger partial charge in [0, 0.05) is 29.7 Å². The van der Waals surface area contributed by atoms with E-state index in [1.54, 1.807) is 0 Å². The third-order valence-corrected chi connectivity index (χ3v) is 4.15. The lowest BCUT2D eigenvalue weighted by Crippen LogP contribution is -2.39. The van der Waals surface area contributed by atoms with Crippen LogP contribution in [-0.2, 0) is 0 Å². The van der Waals surface area contributed by atoms with Crippen LogP contribution in [0, 0.1) is 0 Å². The molecule has 0 bridgehead atoms. The molecule has 0 aromatic heterocycles. The molecule has 2 atom stereocenters. The Morgan fingerprint density at radius 2 is 1.95 bits per heavy atom. The van der Waals surface area contributed by atoms with Gasteiger partial charge in [0.15, 0.2) is 0 Å².